The molecule has 2 nitrogen and oxygen atoms in total. The average Bonchev–Trinajstić information content (AvgIpc) is 3.17. The first-order chi connectivity index (χ1) is 14.9. The molecule has 0 aromatic carbocycles. The van der Waals surface area contributed by atoms with E-state index in [1.54, 1.807) is 0 Å². The lowest BCUT2D eigenvalue weighted by molar-refractivity contribution is -0.124. The molecule has 4 rings (SSSR count). The molecule has 0 heterocycles. The largest absolute Gasteiger partial charge is 0.400 e. The Morgan fingerprint density at radius 2 is 1.35 bits per heavy atom. The van der Waals surface area contributed by atoms with Crippen molar-refractivity contribution in [2.45, 2.75) is 98.5 Å². The Hall–Kier alpha value is -1.04. The summed E-state index contributed by atoms with van der Waals surface area (Å²) < 4.78 is 0. The Morgan fingerprint density at radius 3 is 1.90 bits per heavy atom. The molecule has 6 unspecified atom stereocenters. The lowest BCUT2D eigenvalue weighted by Crippen LogP contribution is -2.53. The zero-order chi connectivity index (χ0) is 24.4. The SMILES string of the molecule is C#C.C=C.C=C(C)[C@H]1CCC2C3CCC4C[C@@H](O)CCC4(C)C3CCC21C.CC.CO. The van der Waals surface area contributed by atoms with Crippen molar-refractivity contribution in [3.05, 3.63) is 25.3 Å². The number of fused-ring (bicyclic) bond motifs is 5. The fourth-order valence-corrected chi connectivity index (χ4v) is 8.04. The van der Waals surface area contributed by atoms with Crippen LogP contribution in [0.1, 0.15) is 92.4 Å². The number of terminal acetylenes is 1. The first kappa shape index (κ1) is 30.0. The second-order valence-corrected chi connectivity index (χ2v) is 10.1. The summed E-state index contributed by atoms with van der Waals surface area (Å²) in [5.41, 5.74) is 2.49. The molecule has 4 aliphatic carbocycles. The minimum absolute atomic E-state index is 0.0160. The molecule has 4 saturated carbocycles. The van der Waals surface area contributed by atoms with Crippen LogP contribution in [0.15, 0.2) is 25.3 Å². The van der Waals surface area contributed by atoms with E-state index >= 15 is 0 Å². The van der Waals surface area contributed by atoms with Crippen molar-refractivity contribution in [1.82, 2.24) is 0 Å². The zero-order valence-electron chi connectivity index (χ0n) is 21.5. The zero-order valence-corrected chi connectivity index (χ0v) is 21.5. The van der Waals surface area contributed by atoms with Crippen LogP contribution in [0.25, 0.3) is 0 Å². The normalized spacial score (nSPS) is 41.9. The number of allylic oxidation sites excluding steroid dienone is 1. The van der Waals surface area contributed by atoms with E-state index in [4.69, 9.17) is 5.11 Å². The van der Waals surface area contributed by atoms with E-state index in [9.17, 15) is 5.11 Å². The molecular weight excluding hydrogens is 380 g/mol. The molecule has 0 aromatic heterocycles. The van der Waals surface area contributed by atoms with Gasteiger partial charge in [-0.25, -0.2) is 0 Å². The third-order valence-corrected chi connectivity index (χ3v) is 9.23. The van der Waals surface area contributed by atoms with Crippen LogP contribution in [-0.4, -0.2) is 23.4 Å². The molecule has 2 heteroatoms. The maximum absolute atomic E-state index is 10.1. The van der Waals surface area contributed by atoms with Crippen LogP contribution in [0.5, 0.6) is 0 Å². The van der Waals surface area contributed by atoms with Crippen molar-refractivity contribution in [1.29, 1.82) is 0 Å². The van der Waals surface area contributed by atoms with Gasteiger partial charge in [0.15, 0.2) is 0 Å². The van der Waals surface area contributed by atoms with E-state index in [1.807, 2.05) is 13.8 Å². The van der Waals surface area contributed by atoms with Crippen LogP contribution in [-0.2, 0) is 0 Å². The molecule has 0 spiro atoms. The van der Waals surface area contributed by atoms with Gasteiger partial charge in [0.2, 0.25) is 0 Å². The molecule has 4 fully saturated rings. The molecule has 0 aliphatic heterocycles. The van der Waals surface area contributed by atoms with Gasteiger partial charge in [0.1, 0.15) is 0 Å². The molecule has 0 saturated heterocycles. The summed E-state index contributed by atoms with van der Waals surface area (Å²) in [6.07, 6.45) is 19.9. The monoisotopic (exact) mass is 432 g/mol. The Bertz CT molecular complexity index is 552. The van der Waals surface area contributed by atoms with Crippen LogP contribution in [0.2, 0.25) is 0 Å². The number of rotatable bonds is 1. The third kappa shape index (κ3) is 5.66. The van der Waals surface area contributed by atoms with Gasteiger partial charge in [0.05, 0.1) is 6.10 Å². The van der Waals surface area contributed by atoms with Gasteiger partial charge in [-0.05, 0) is 105 Å². The lowest BCUT2D eigenvalue weighted by atomic mass is 9.44. The highest BCUT2D eigenvalue weighted by molar-refractivity contribution is 5.15. The first-order valence-corrected chi connectivity index (χ1v) is 12.5. The molecule has 2 N–H and O–H groups in total. The Labute approximate surface area is 194 Å². The van der Waals surface area contributed by atoms with Gasteiger partial charge in [-0.1, -0.05) is 39.8 Å². The molecule has 0 radical (unpaired) electrons. The standard InChI is InChI=1S/C22H36O.C2H6.C2H4.C2H2.CH4O/c1-14(2)18-7-8-19-17-6-5-15-13-16(23)9-11-21(15,3)20(17)10-12-22(18,19)4;4*1-2/h15-20,23H,1,5-13H2,2-4H3;1-2H3;1-2H2;1-2H;2H,1H3/t15?,16-,17?,18+,19?,20?,21?,22?;;;;/m0..../s1. The van der Waals surface area contributed by atoms with E-state index in [-0.39, 0.29) is 6.10 Å². The molecule has 4 aliphatic rings. The van der Waals surface area contributed by atoms with Crippen molar-refractivity contribution >= 4 is 0 Å². The van der Waals surface area contributed by atoms with Gasteiger partial charge in [0, 0.05) is 7.11 Å². The number of hydrogen-bond donors (Lipinski definition) is 2. The molecule has 0 amide bonds. The van der Waals surface area contributed by atoms with Crippen molar-refractivity contribution in [3.8, 4) is 12.8 Å². The van der Waals surface area contributed by atoms with Crippen molar-refractivity contribution in [3.63, 3.8) is 0 Å². The van der Waals surface area contributed by atoms with Crippen LogP contribution in [0, 0.1) is 53.3 Å². The fraction of sp³-hybridized carbons (Fsp3) is 0.793. The number of aliphatic hydroxyl groups is 2. The van der Waals surface area contributed by atoms with Gasteiger partial charge in [-0.3, -0.25) is 0 Å². The topological polar surface area (TPSA) is 40.5 Å². The van der Waals surface area contributed by atoms with Crippen LogP contribution >= 0.6 is 0 Å². The van der Waals surface area contributed by atoms with Gasteiger partial charge < -0.3 is 10.2 Å². The van der Waals surface area contributed by atoms with E-state index in [0.717, 1.165) is 49.5 Å². The predicted octanol–water partition coefficient (Wildman–Crippen LogP) is 7.27. The third-order valence-electron chi connectivity index (χ3n) is 9.23. The molecule has 31 heavy (non-hydrogen) atoms. The second-order valence-electron chi connectivity index (χ2n) is 10.1. The minimum atomic E-state index is -0.0160. The highest BCUT2D eigenvalue weighted by Crippen LogP contribution is 2.68. The quantitative estimate of drug-likeness (QED) is 0.338. The highest BCUT2D eigenvalue weighted by atomic mass is 16.3. The van der Waals surface area contributed by atoms with E-state index < -0.39 is 0 Å². The van der Waals surface area contributed by atoms with Gasteiger partial charge >= 0.3 is 0 Å². The highest BCUT2D eigenvalue weighted by Gasteiger charge is 2.60. The van der Waals surface area contributed by atoms with E-state index in [1.165, 1.54) is 50.5 Å². The number of aliphatic hydroxyl groups excluding tert-OH is 2. The van der Waals surface area contributed by atoms with Crippen molar-refractivity contribution < 1.29 is 10.2 Å². The minimum Gasteiger partial charge on any atom is -0.400 e. The van der Waals surface area contributed by atoms with Gasteiger partial charge in [0.25, 0.3) is 0 Å². The van der Waals surface area contributed by atoms with E-state index in [0.29, 0.717) is 10.8 Å². The summed E-state index contributed by atoms with van der Waals surface area (Å²) in [5.74, 6) is 4.38. The summed E-state index contributed by atoms with van der Waals surface area (Å²) in [4.78, 5) is 0. The van der Waals surface area contributed by atoms with Gasteiger partial charge in [-0.2, -0.15) is 0 Å². The Morgan fingerprint density at radius 1 is 0.839 bits per heavy atom. The van der Waals surface area contributed by atoms with Crippen molar-refractivity contribution in [2.24, 2.45) is 40.4 Å². The van der Waals surface area contributed by atoms with E-state index in [2.05, 4.69) is 53.4 Å². The van der Waals surface area contributed by atoms with Gasteiger partial charge in [-0.15, -0.1) is 26.0 Å². The maximum Gasteiger partial charge on any atom is 0.0543 e. The number of hydrogen-bond acceptors (Lipinski definition) is 2. The Kier molecular flexibility index (Phi) is 13.0. The summed E-state index contributed by atoms with van der Waals surface area (Å²) in [6, 6.07) is 0. The first-order valence-electron chi connectivity index (χ1n) is 12.5. The summed E-state index contributed by atoms with van der Waals surface area (Å²) >= 11 is 0. The molecule has 0 aromatic rings. The molecule has 180 valence electrons. The predicted molar refractivity (Wildman–Crippen MR) is 137 cm³/mol. The maximum atomic E-state index is 10.1. The fourth-order valence-electron chi connectivity index (χ4n) is 8.04. The van der Waals surface area contributed by atoms with Crippen LogP contribution in [0.4, 0.5) is 0 Å². The summed E-state index contributed by atoms with van der Waals surface area (Å²) in [6.45, 7) is 21.8. The second kappa shape index (κ2) is 13.5. The molecular formula is C29H52O2. The van der Waals surface area contributed by atoms with Crippen LogP contribution in [0.3, 0.4) is 0 Å². The summed E-state index contributed by atoms with van der Waals surface area (Å²) in [5, 5.41) is 17.1. The smallest absolute Gasteiger partial charge is 0.0543 e. The van der Waals surface area contributed by atoms with Crippen molar-refractivity contribution in [2.75, 3.05) is 7.11 Å². The lowest BCUT2D eigenvalue weighted by Gasteiger charge is -2.61. The molecule has 8 atom stereocenters. The summed E-state index contributed by atoms with van der Waals surface area (Å²) in [7, 11) is 1.00. The molecule has 0 bridgehead atoms. The Balaban J connectivity index is 0.00000102. The van der Waals surface area contributed by atoms with Crippen LogP contribution < -0.4 is 0 Å². The average molecular weight is 433 g/mol.